The van der Waals surface area contributed by atoms with E-state index in [0.29, 0.717) is 11.5 Å². The van der Waals surface area contributed by atoms with Gasteiger partial charge in [-0.1, -0.05) is 31.9 Å². The fraction of sp³-hybridized carbons (Fsp3) is 0.370. The van der Waals surface area contributed by atoms with Gasteiger partial charge in [0.05, 0.1) is 12.7 Å². The van der Waals surface area contributed by atoms with Gasteiger partial charge < -0.3 is 20.1 Å². The van der Waals surface area contributed by atoms with Gasteiger partial charge in [0.2, 0.25) is 0 Å². The van der Waals surface area contributed by atoms with Crippen LogP contribution in [-0.2, 0) is 15.8 Å². The number of nitriles is 1. The third-order valence-corrected chi connectivity index (χ3v) is 6.12. The molecule has 0 heterocycles. The second-order valence-electron chi connectivity index (χ2n) is 8.84. The van der Waals surface area contributed by atoms with E-state index < -0.39 is 30.2 Å². The van der Waals surface area contributed by atoms with E-state index in [4.69, 9.17) is 9.47 Å². The van der Waals surface area contributed by atoms with Gasteiger partial charge in [0.25, 0.3) is 11.8 Å². The highest BCUT2D eigenvalue weighted by Crippen LogP contribution is 2.31. The molecule has 3 rings (SSSR count). The summed E-state index contributed by atoms with van der Waals surface area (Å²) < 4.78 is 49.4. The van der Waals surface area contributed by atoms with E-state index >= 15 is 0 Å². The monoisotopic (exact) mass is 515 g/mol. The average molecular weight is 516 g/mol. The van der Waals surface area contributed by atoms with Gasteiger partial charge in [0.1, 0.15) is 11.6 Å². The van der Waals surface area contributed by atoms with Crippen molar-refractivity contribution in [3.63, 3.8) is 0 Å². The van der Waals surface area contributed by atoms with Crippen LogP contribution in [0, 0.1) is 17.2 Å². The number of rotatable bonds is 8. The van der Waals surface area contributed by atoms with Crippen LogP contribution in [0.25, 0.3) is 6.08 Å². The number of halogens is 3. The first-order chi connectivity index (χ1) is 17.6. The first-order valence-corrected chi connectivity index (χ1v) is 11.8. The molecule has 10 heteroatoms. The Morgan fingerprint density at radius 1 is 1.14 bits per heavy atom. The van der Waals surface area contributed by atoms with Gasteiger partial charge in [-0.05, 0) is 60.7 Å². The summed E-state index contributed by atoms with van der Waals surface area (Å²) in [5, 5.41) is 14.8. The maximum absolute atomic E-state index is 12.9. The highest BCUT2D eigenvalue weighted by molar-refractivity contribution is 6.02. The minimum Gasteiger partial charge on any atom is -0.493 e. The lowest BCUT2D eigenvalue weighted by Gasteiger charge is -2.29. The molecule has 1 saturated carbocycles. The number of carbonyl (C=O) groups is 2. The normalized spacial score (nSPS) is 17.9. The van der Waals surface area contributed by atoms with E-state index in [-0.39, 0.29) is 28.8 Å². The predicted molar refractivity (Wildman–Crippen MR) is 132 cm³/mol. The van der Waals surface area contributed by atoms with Gasteiger partial charge in [-0.15, -0.1) is 0 Å². The highest BCUT2D eigenvalue weighted by Gasteiger charge is 2.30. The fourth-order valence-corrected chi connectivity index (χ4v) is 4.10. The van der Waals surface area contributed by atoms with Gasteiger partial charge in [0.15, 0.2) is 18.1 Å². The molecule has 2 unspecified atom stereocenters. The quantitative estimate of drug-likeness (QED) is 0.366. The number of hydrogen-bond donors (Lipinski definition) is 2. The minimum atomic E-state index is -4.53. The van der Waals surface area contributed by atoms with Crippen LogP contribution < -0.4 is 20.1 Å². The van der Waals surface area contributed by atoms with Crippen molar-refractivity contribution in [1.29, 1.82) is 5.26 Å². The minimum absolute atomic E-state index is 0.0131. The number of alkyl halides is 3. The second-order valence-corrected chi connectivity index (χ2v) is 8.84. The van der Waals surface area contributed by atoms with Gasteiger partial charge in [-0.3, -0.25) is 9.59 Å². The Balaban J connectivity index is 1.64. The van der Waals surface area contributed by atoms with Crippen molar-refractivity contribution >= 4 is 23.6 Å². The number of hydrogen-bond acceptors (Lipinski definition) is 5. The summed E-state index contributed by atoms with van der Waals surface area (Å²) in [6.45, 7) is 1.61. The molecule has 7 nitrogen and oxygen atoms in total. The van der Waals surface area contributed by atoms with Crippen LogP contribution in [-0.4, -0.2) is 31.6 Å². The Morgan fingerprint density at radius 3 is 2.57 bits per heavy atom. The van der Waals surface area contributed by atoms with Crippen molar-refractivity contribution < 1.29 is 32.2 Å². The zero-order chi connectivity index (χ0) is 27.0. The molecule has 0 saturated heterocycles. The summed E-state index contributed by atoms with van der Waals surface area (Å²) in [6, 6.07) is 10.9. The molecule has 1 aliphatic carbocycles. The van der Waals surface area contributed by atoms with Crippen molar-refractivity contribution in [3.8, 4) is 17.6 Å². The van der Waals surface area contributed by atoms with Gasteiger partial charge >= 0.3 is 6.18 Å². The highest BCUT2D eigenvalue weighted by atomic mass is 19.4. The number of methoxy groups -OCH3 is 1. The molecule has 2 aromatic rings. The van der Waals surface area contributed by atoms with Crippen molar-refractivity contribution in [1.82, 2.24) is 5.32 Å². The number of anilines is 1. The molecule has 2 amide bonds. The third kappa shape index (κ3) is 7.74. The Labute approximate surface area is 213 Å². The first kappa shape index (κ1) is 27.6. The van der Waals surface area contributed by atoms with Gasteiger partial charge in [-0.25, -0.2) is 0 Å². The molecule has 0 spiro atoms. The maximum atomic E-state index is 12.9. The molecule has 1 aliphatic rings. The fourth-order valence-electron chi connectivity index (χ4n) is 4.10. The molecule has 0 bridgehead atoms. The van der Waals surface area contributed by atoms with E-state index in [9.17, 15) is 28.0 Å². The van der Waals surface area contributed by atoms with Gasteiger partial charge in [0, 0.05) is 11.7 Å². The standard InChI is InChI=1S/C27H28F3N3O4/c1-17-6-3-4-9-22(17)33-26(35)19(15-31)12-18-10-11-23(24(13-18)36-2)37-16-25(34)32-21-8-5-7-20(14-21)27(28,29)30/h5,7-8,10-14,17,22H,3-4,6,9,16H2,1-2H3,(H,32,34)(H,33,35). The number of benzene rings is 2. The number of amides is 2. The van der Waals surface area contributed by atoms with E-state index in [2.05, 4.69) is 17.6 Å². The Bertz CT molecular complexity index is 1200. The zero-order valence-corrected chi connectivity index (χ0v) is 20.5. The Kier molecular flexibility index (Phi) is 9.17. The summed E-state index contributed by atoms with van der Waals surface area (Å²) in [4.78, 5) is 24.9. The molecule has 2 N–H and O–H groups in total. The Morgan fingerprint density at radius 2 is 1.89 bits per heavy atom. The molecule has 2 aromatic carbocycles. The topological polar surface area (TPSA) is 100 Å². The lowest BCUT2D eigenvalue weighted by Crippen LogP contribution is -2.41. The van der Waals surface area contributed by atoms with Crippen LogP contribution in [0.15, 0.2) is 48.0 Å². The first-order valence-electron chi connectivity index (χ1n) is 11.8. The van der Waals surface area contributed by atoms with E-state index in [1.165, 1.54) is 31.4 Å². The van der Waals surface area contributed by atoms with Crippen LogP contribution in [0.4, 0.5) is 18.9 Å². The number of carbonyl (C=O) groups excluding carboxylic acids is 2. The summed E-state index contributed by atoms with van der Waals surface area (Å²) in [5.41, 5.74) is -0.425. The van der Waals surface area contributed by atoms with E-state index in [1.54, 1.807) is 12.1 Å². The smallest absolute Gasteiger partial charge is 0.416 e. The second kappa shape index (κ2) is 12.3. The molecule has 0 radical (unpaired) electrons. The molecule has 0 aliphatic heterocycles. The molecule has 0 aromatic heterocycles. The third-order valence-electron chi connectivity index (χ3n) is 6.12. The summed E-state index contributed by atoms with van der Waals surface area (Å²) in [7, 11) is 1.39. The SMILES string of the molecule is COc1cc(C=C(C#N)C(=O)NC2CCCCC2C)ccc1OCC(=O)Nc1cccc(C(F)(F)F)c1. The molecular formula is C27H28F3N3O4. The number of nitrogens with one attached hydrogen (secondary N) is 2. The summed E-state index contributed by atoms with van der Waals surface area (Å²) in [6.07, 6.45) is 1.00. The van der Waals surface area contributed by atoms with E-state index in [1.807, 2.05) is 6.07 Å². The van der Waals surface area contributed by atoms with Crippen LogP contribution in [0.3, 0.4) is 0 Å². The zero-order valence-electron chi connectivity index (χ0n) is 20.5. The van der Waals surface area contributed by atoms with Crippen molar-refractivity contribution in [3.05, 3.63) is 59.2 Å². The van der Waals surface area contributed by atoms with Crippen molar-refractivity contribution in [2.24, 2.45) is 5.92 Å². The predicted octanol–water partition coefficient (Wildman–Crippen LogP) is 5.33. The Hall–Kier alpha value is -4.00. The molecule has 37 heavy (non-hydrogen) atoms. The molecular weight excluding hydrogens is 487 g/mol. The van der Waals surface area contributed by atoms with Crippen LogP contribution in [0.5, 0.6) is 11.5 Å². The maximum Gasteiger partial charge on any atom is 0.416 e. The average Bonchev–Trinajstić information content (AvgIpc) is 2.87. The summed E-state index contributed by atoms with van der Waals surface area (Å²) in [5.74, 6) is -0.297. The summed E-state index contributed by atoms with van der Waals surface area (Å²) >= 11 is 0. The van der Waals surface area contributed by atoms with Gasteiger partial charge in [-0.2, -0.15) is 18.4 Å². The van der Waals surface area contributed by atoms with Crippen LogP contribution in [0.2, 0.25) is 0 Å². The van der Waals surface area contributed by atoms with Crippen molar-refractivity contribution in [2.75, 3.05) is 19.0 Å². The lowest BCUT2D eigenvalue weighted by molar-refractivity contribution is -0.137. The van der Waals surface area contributed by atoms with Crippen molar-refractivity contribution in [2.45, 2.75) is 44.8 Å². The van der Waals surface area contributed by atoms with E-state index in [0.717, 1.165) is 37.8 Å². The van der Waals surface area contributed by atoms with Crippen LogP contribution in [0.1, 0.15) is 43.7 Å². The molecule has 1 fully saturated rings. The molecule has 2 atom stereocenters. The number of ether oxygens (including phenoxy) is 2. The number of nitrogens with zero attached hydrogens (tertiary/aromatic N) is 1. The molecule has 196 valence electrons. The van der Waals surface area contributed by atoms with Crippen LogP contribution >= 0.6 is 0 Å². The lowest BCUT2D eigenvalue weighted by atomic mass is 9.86. The largest absolute Gasteiger partial charge is 0.493 e.